The summed E-state index contributed by atoms with van der Waals surface area (Å²) in [5.74, 6) is 0.0296. The maximum Gasteiger partial charge on any atom is 0.239 e. The predicted octanol–water partition coefficient (Wildman–Crippen LogP) is 1.89. The van der Waals surface area contributed by atoms with E-state index in [0.717, 1.165) is 38.8 Å². The van der Waals surface area contributed by atoms with Crippen molar-refractivity contribution >= 4 is 15.9 Å². The fourth-order valence-corrected chi connectivity index (χ4v) is 7.67. The molecule has 0 bridgehead atoms. The van der Waals surface area contributed by atoms with Gasteiger partial charge >= 0.3 is 0 Å². The zero-order valence-corrected chi connectivity index (χ0v) is 14.7. The third kappa shape index (κ3) is 2.72. The van der Waals surface area contributed by atoms with Gasteiger partial charge in [0.1, 0.15) is 0 Å². The summed E-state index contributed by atoms with van der Waals surface area (Å²) in [5, 5.41) is 3.29. The highest BCUT2D eigenvalue weighted by Gasteiger charge is 2.54. The van der Waals surface area contributed by atoms with Gasteiger partial charge in [-0.25, -0.2) is 12.7 Å². The van der Waals surface area contributed by atoms with Crippen LogP contribution in [0.5, 0.6) is 0 Å². The standard InChI is InChI=1S/C17H28N2O3S/c20-15(14-10-16(11-14)4-2-1-3-5-16)19-12-17(13-23(19,21)22)6-8-18-9-7-17/h14,18H,1-13H2. The number of rotatable bonds is 1. The Morgan fingerprint density at radius 2 is 1.61 bits per heavy atom. The summed E-state index contributed by atoms with van der Waals surface area (Å²) in [6.45, 7) is 2.16. The van der Waals surface area contributed by atoms with Crippen molar-refractivity contribution in [3.8, 4) is 0 Å². The minimum atomic E-state index is -3.40. The van der Waals surface area contributed by atoms with E-state index in [4.69, 9.17) is 0 Å². The largest absolute Gasteiger partial charge is 0.317 e. The second-order valence-corrected chi connectivity index (χ2v) is 10.4. The number of hydrogen-bond donors (Lipinski definition) is 1. The molecule has 0 atom stereocenters. The fraction of sp³-hybridized carbons (Fsp3) is 0.941. The third-order valence-corrected chi connectivity index (χ3v) is 8.79. The number of amides is 1. The highest BCUT2D eigenvalue weighted by atomic mass is 32.2. The lowest BCUT2D eigenvalue weighted by Gasteiger charge is -2.50. The maximum absolute atomic E-state index is 12.8. The quantitative estimate of drug-likeness (QED) is 0.791. The van der Waals surface area contributed by atoms with E-state index >= 15 is 0 Å². The first-order chi connectivity index (χ1) is 10.9. The van der Waals surface area contributed by atoms with Crippen LogP contribution in [-0.4, -0.2) is 44.0 Å². The van der Waals surface area contributed by atoms with Crippen molar-refractivity contribution in [2.24, 2.45) is 16.7 Å². The normalized spacial score (nSPS) is 32.1. The Labute approximate surface area is 139 Å². The molecule has 1 N–H and O–H groups in total. The Bertz CT molecular complexity index is 581. The van der Waals surface area contributed by atoms with Crippen molar-refractivity contribution in [1.29, 1.82) is 0 Å². The molecule has 0 aromatic rings. The molecule has 2 aliphatic carbocycles. The van der Waals surface area contributed by atoms with E-state index in [9.17, 15) is 13.2 Å². The highest BCUT2D eigenvalue weighted by Crippen LogP contribution is 2.55. The van der Waals surface area contributed by atoms with Crippen molar-refractivity contribution in [2.75, 3.05) is 25.4 Å². The van der Waals surface area contributed by atoms with Gasteiger partial charge in [-0.05, 0) is 57.0 Å². The lowest BCUT2D eigenvalue weighted by molar-refractivity contribution is -0.140. The Morgan fingerprint density at radius 3 is 2.26 bits per heavy atom. The number of sulfonamides is 1. The molecule has 4 rings (SSSR count). The van der Waals surface area contributed by atoms with Gasteiger partial charge in [0.25, 0.3) is 0 Å². The van der Waals surface area contributed by atoms with E-state index in [0.29, 0.717) is 12.0 Å². The number of carbonyl (C=O) groups excluding carboxylic acids is 1. The van der Waals surface area contributed by atoms with Crippen molar-refractivity contribution < 1.29 is 13.2 Å². The summed E-state index contributed by atoms with van der Waals surface area (Å²) in [6.07, 6.45) is 9.92. The summed E-state index contributed by atoms with van der Waals surface area (Å²) < 4.78 is 26.4. The molecule has 0 radical (unpaired) electrons. The number of hydrogen-bond acceptors (Lipinski definition) is 4. The number of nitrogens with one attached hydrogen (secondary N) is 1. The van der Waals surface area contributed by atoms with Crippen LogP contribution in [0.2, 0.25) is 0 Å². The van der Waals surface area contributed by atoms with Gasteiger partial charge in [0.2, 0.25) is 15.9 Å². The average molecular weight is 340 g/mol. The van der Waals surface area contributed by atoms with Crippen molar-refractivity contribution in [1.82, 2.24) is 9.62 Å². The summed E-state index contributed by atoms with van der Waals surface area (Å²) in [6, 6.07) is 0. The minimum absolute atomic E-state index is 0.0419. The van der Waals surface area contributed by atoms with Crippen molar-refractivity contribution in [3.63, 3.8) is 0 Å². The average Bonchev–Trinajstić information content (AvgIpc) is 2.76. The maximum atomic E-state index is 12.8. The Hall–Kier alpha value is -0.620. The van der Waals surface area contributed by atoms with Gasteiger partial charge in [0.05, 0.1) is 5.75 Å². The van der Waals surface area contributed by atoms with Gasteiger partial charge in [0, 0.05) is 17.9 Å². The lowest BCUT2D eigenvalue weighted by atomic mass is 9.55. The molecule has 1 amide bonds. The first kappa shape index (κ1) is 15.9. The minimum Gasteiger partial charge on any atom is -0.317 e. The van der Waals surface area contributed by atoms with Crippen LogP contribution in [0.25, 0.3) is 0 Å². The monoisotopic (exact) mass is 340 g/mol. The molecule has 0 aromatic carbocycles. The summed E-state index contributed by atoms with van der Waals surface area (Å²) in [4.78, 5) is 12.8. The van der Waals surface area contributed by atoms with E-state index in [1.54, 1.807) is 0 Å². The van der Waals surface area contributed by atoms with Gasteiger partial charge in [-0.2, -0.15) is 0 Å². The molecule has 2 spiro atoms. The van der Waals surface area contributed by atoms with Gasteiger partial charge in [-0.1, -0.05) is 19.3 Å². The molecule has 6 heteroatoms. The first-order valence-corrected chi connectivity index (χ1v) is 10.8. The molecular weight excluding hydrogens is 312 g/mol. The molecule has 5 nitrogen and oxygen atoms in total. The fourth-order valence-electron chi connectivity index (χ4n) is 5.46. The Morgan fingerprint density at radius 1 is 0.957 bits per heavy atom. The van der Waals surface area contributed by atoms with Crippen LogP contribution in [0.15, 0.2) is 0 Å². The number of carbonyl (C=O) groups is 1. The number of nitrogens with zero attached hydrogens (tertiary/aromatic N) is 1. The first-order valence-electron chi connectivity index (χ1n) is 9.19. The van der Waals surface area contributed by atoms with Gasteiger partial charge < -0.3 is 5.32 Å². The Kier molecular flexibility index (Phi) is 3.76. The number of piperidine rings is 1. The molecule has 2 aliphatic heterocycles. The van der Waals surface area contributed by atoms with E-state index in [-0.39, 0.29) is 23.0 Å². The summed E-state index contributed by atoms with van der Waals surface area (Å²) in [5.41, 5.74) is 0.181. The molecule has 0 aromatic heterocycles. The highest BCUT2D eigenvalue weighted by molar-refractivity contribution is 7.89. The Balaban J connectivity index is 1.44. The van der Waals surface area contributed by atoms with Crippen LogP contribution < -0.4 is 5.32 Å². The molecule has 2 saturated carbocycles. The van der Waals surface area contributed by atoms with Crippen molar-refractivity contribution in [3.05, 3.63) is 0 Å². The van der Waals surface area contributed by atoms with Crippen LogP contribution >= 0.6 is 0 Å². The van der Waals surface area contributed by atoms with Gasteiger partial charge in [0.15, 0.2) is 0 Å². The molecule has 4 aliphatic rings. The van der Waals surface area contributed by atoms with Crippen LogP contribution in [0, 0.1) is 16.7 Å². The second-order valence-electron chi connectivity index (χ2n) is 8.52. The predicted molar refractivity (Wildman–Crippen MR) is 88.3 cm³/mol. The lowest BCUT2D eigenvalue weighted by Crippen LogP contribution is -2.49. The van der Waals surface area contributed by atoms with Gasteiger partial charge in [-0.3, -0.25) is 4.79 Å². The van der Waals surface area contributed by atoms with Crippen LogP contribution in [-0.2, 0) is 14.8 Å². The van der Waals surface area contributed by atoms with E-state index in [2.05, 4.69) is 5.32 Å². The van der Waals surface area contributed by atoms with E-state index < -0.39 is 10.0 Å². The smallest absolute Gasteiger partial charge is 0.239 e. The van der Waals surface area contributed by atoms with Gasteiger partial charge in [-0.15, -0.1) is 0 Å². The third-order valence-electron chi connectivity index (χ3n) is 6.84. The molecule has 2 saturated heterocycles. The molecule has 23 heavy (non-hydrogen) atoms. The zero-order valence-electron chi connectivity index (χ0n) is 13.8. The zero-order chi connectivity index (χ0) is 16.1. The molecular formula is C17H28N2O3S. The summed E-state index contributed by atoms with van der Waals surface area (Å²) in [7, 11) is -3.40. The summed E-state index contributed by atoms with van der Waals surface area (Å²) >= 11 is 0. The topological polar surface area (TPSA) is 66.5 Å². The van der Waals surface area contributed by atoms with Crippen LogP contribution in [0.4, 0.5) is 0 Å². The molecule has 0 unspecified atom stereocenters. The van der Waals surface area contributed by atoms with E-state index in [1.165, 1.54) is 36.4 Å². The molecule has 2 heterocycles. The SMILES string of the molecule is O=C(C1CC2(CCCCC2)C1)N1CC2(CCNCC2)CS1(=O)=O. The van der Waals surface area contributed by atoms with Crippen LogP contribution in [0.1, 0.15) is 57.8 Å². The van der Waals surface area contributed by atoms with Crippen LogP contribution in [0.3, 0.4) is 0 Å². The molecule has 130 valence electrons. The van der Waals surface area contributed by atoms with E-state index in [1.807, 2.05) is 0 Å². The van der Waals surface area contributed by atoms with Crippen molar-refractivity contribution in [2.45, 2.75) is 57.8 Å². The molecule has 4 fully saturated rings. The second kappa shape index (κ2) is 5.45.